The summed E-state index contributed by atoms with van der Waals surface area (Å²) in [4.78, 5) is 11.9. The summed E-state index contributed by atoms with van der Waals surface area (Å²) in [6.07, 6.45) is 6.09. The minimum atomic E-state index is -2.52. The van der Waals surface area contributed by atoms with Crippen LogP contribution >= 0.6 is 11.8 Å². The van der Waals surface area contributed by atoms with Gasteiger partial charge in [0.05, 0.1) is 13.0 Å². The summed E-state index contributed by atoms with van der Waals surface area (Å²) >= 11 is 1.79. The van der Waals surface area contributed by atoms with Crippen molar-refractivity contribution in [3.63, 3.8) is 0 Å². The highest BCUT2D eigenvalue weighted by Crippen LogP contribution is 2.20. The van der Waals surface area contributed by atoms with Crippen molar-refractivity contribution in [3.8, 4) is 0 Å². The lowest BCUT2D eigenvalue weighted by Gasteiger charge is -2.28. The van der Waals surface area contributed by atoms with Gasteiger partial charge in [0.2, 0.25) is 0 Å². The largest absolute Gasteiger partial charge is 0.500 e. The maximum atomic E-state index is 11.9. The van der Waals surface area contributed by atoms with Gasteiger partial charge in [-0.1, -0.05) is 33.1 Å². The van der Waals surface area contributed by atoms with Crippen molar-refractivity contribution in [3.05, 3.63) is 0 Å². The lowest BCUT2D eigenvalue weighted by Crippen LogP contribution is -2.46. The van der Waals surface area contributed by atoms with E-state index < -0.39 is 8.80 Å². The molecule has 5 nitrogen and oxygen atoms in total. The minimum Gasteiger partial charge on any atom is -0.465 e. The molecule has 1 atom stereocenters. The molecule has 7 heteroatoms. The van der Waals surface area contributed by atoms with Crippen LogP contribution in [0.2, 0.25) is 6.04 Å². The van der Waals surface area contributed by atoms with Gasteiger partial charge in [-0.15, -0.1) is 0 Å². The zero-order valence-electron chi connectivity index (χ0n) is 18.2. The summed E-state index contributed by atoms with van der Waals surface area (Å²) in [5.41, 5.74) is 0. The second-order valence-corrected chi connectivity index (χ2v) is 10.5. The predicted molar refractivity (Wildman–Crippen MR) is 116 cm³/mol. The molecule has 162 valence electrons. The van der Waals surface area contributed by atoms with Gasteiger partial charge in [-0.25, -0.2) is 0 Å². The number of carbonyl (C=O) groups is 1. The third-order valence-electron chi connectivity index (χ3n) is 4.34. The van der Waals surface area contributed by atoms with Crippen molar-refractivity contribution in [2.45, 2.75) is 79.2 Å². The quantitative estimate of drug-likeness (QED) is 0.160. The molecule has 0 rings (SSSR count). The van der Waals surface area contributed by atoms with Crippen molar-refractivity contribution < 1.29 is 22.8 Å². The van der Waals surface area contributed by atoms with Crippen LogP contribution in [0.15, 0.2) is 0 Å². The summed E-state index contributed by atoms with van der Waals surface area (Å²) in [7, 11) is -2.52. The van der Waals surface area contributed by atoms with Crippen molar-refractivity contribution >= 4 is 26.5 Å². The Morgan fingerprint density at radius 1 is 0.926 bits per heavy atom. The maximum Gasteiger partial charge on any atom is 0.500 e. The molecular weight excluding hydrogens is 380 g/mol. The van der Waals surface area contributed by atoms with Crippen LogP contribution in [0.3, 0.4) is 0 Å². The first-order chi connectivity index (χ1) is 13.1. The van der Waals surface area contributed by atoms with Gasteiger partial charge in [0.15, 0.2) is 0 Å². The third kappa shape index (κ3) is 13.7. The van der Waals surface area contributed by atoms with E-state index in [1.807, 2.05) is 20.8 Å². The van der Waals surface area contributed by atoms with Gasteiger partial charge in [0.1, 0.15) is 0 Å². The average Bonchev–Trinajstić information content (AvgIpc) is 2.65. The van der Waals surface area contributed by atoms with Gasteiger partial charge >= 0.3 is 14.8 Å². The molecule has 0 saturated heterocycles. The van der Waals surface area contributed by atoms with E-state index in [9.17, 15) is 4.79 Å². The molecule has 0 saturated carbocycles. The summed E-state index contributed by atoms with van der Waals surface area (Å²) in [6, 6.07) is 0.829. The fourth-order valence-electron chi connectivity index (χ4n) is 2.83. The third-order valence-corrected chi connectivity index (χ3v) is 8.56. The molecule has 0 aliphatic carbocycles. The normalized spacial score (nSPS) is 12.9. The van der Waals surface area contributed by atoms with Gasteiger partial charge in [-0.3, -0.25) is 4.79 Å². The van der Waals surface area contributed by atoms with Gasteiger partial charge in [0, 0.05) is 31.6 Å². The number of hydrogen-bond acceptors (Lipinski definition) is 6. The Hall–Kier alpha value is -0.0831. The second kappa shape index (κ2) is 18.0. The first kappa shape index (κ1) is 26.9. The van der Waals surface area contributed by atoms with E-state index in [-0.39, 0.29) is 5.97 Å². The highest BCUT2D eigenvalue weighted by Gasteiger charge is 2.39. The number of ether oxygens (including phenoxy) is 1. The molecule has 0 heterocycles. The summed E-state index contributed by atoms with van der Waals surface area (Å²) in [5, 5.41) is 0. The fraction of sp³-hybridized carbons (Fsp3) is 0.950. The van der Waals surface area contributed by atoms with Crippen LogP contribution in [0.1, 0.15) is 73.1 Å². The molecule has 0 spiro atoms. The van der Waals surface area contributed by atoms with Crippen LogP contribution in [0, 0.1) is 5.92 Å². The van der Waals surface area contributed by atoms with Crippen molar-refractivity contribution in [2.24, 2.45) is 5.92 Å². The Kier molecular flexibility index (Phi) is 17.9. The SMILES string of the molecule is CCCCC(CC)COC(=O)CCSCCC[Si](OCC)(OCC)OCC. The average molecular weight is 423 g/mol. The summed E-state index contributed by atoms with van der Waals surface area (Å²) < 4.78 is 23.0. The smallest absolute Gasteiger partial charge is 0.465 e. The van der Waals surface area contributed by atoms with E-state index in [4.69, 9.17) is 18.0 Å². The van der Waals surface area contributed by atoms with Crippen LogP contribution in [0.5, 0.6) is 0 Å². The van der Waals surface area contributed by atoms with Crippen molar-refractivity contribution in [1.29, 1.82) is 0 Å². The maximum absolute atomic E-state index is 11.9. The number of carbonyl (C=O) groups excluding carboxylic acids is 1. The molecule has 0 aromatic carbocycles. The standard InChI is InChI=1S/C20H42O5SSi/c1-6-11-13-19(7-2)18-22-20(21)14-16-26-15-12-17-27(23-8-3,24-9-4)25-10-5/h19H,6-18H2,1-5H3. The number of unbranched alkanes of at least 4 members (excludes halogenated alkanes) is 1. The number of esters is 1. The Balaban J connectivity index is 3.94. The lowest BCUT2D eigenvalue weighted by atomic mass is 10.0. The van der Waals surface area contributed by atoms with Crippen LogP contribution in [-0.4, -0.2) is 52.7 Å². The van der Waals surface area contributed by atoms with Crippen molar-refractivity contribution in [2.75, 3.05) is 37.9 Å². The number of rotatable bonds is 19. The Morgan fingerprint density at radius 2 is 1.56 bits per heavy atom. The molecule has 0 aromatic heterocycles. The first-order valence-electron chi connectivity index (χ1n) is 10.7. The van der Waals surface area contributed by atoms with E-state index in [2.05, 4.69) is 13.8 Å². The van der Waals surface area contributed by atoms with Crippen LogP contribution in [0.4, 0.5) is 0 Å². The topological polar surface area (TPSA) is 54.0 Å². The monoisotopic (exact) mass is 422 g/mol. The first-order valence-corrected chi connectivity index (χ1v) is 13.8. The van der Waals surface area contributed by atoms with Crippen molar-refractivity contribution in [1.82, 2.24) is 0 Å². The fourth-order valence-corrected chi connectivity index (χ4v) is 6.56. The summed E-state index contributed by atoms with van der Waals surface area (Å²) in [5.74, 6) is 2.22. The molecule has 0 amide bonds. The van der Waals surface area contributed by atoms with Gasteiger partial charge < -0.3 is 18.0 Å². The predicted octanol–water partition coefficient (Wildman–Crippen LogP) is 5.31. The van der Waals surface area contributed by atoms with E-state index in [0.717, 1.165) is 36.8 Å². The van der Waals surface area contributed by atoms with Crippen LogP contribution in [-0.2, 0) is 22.8 Å². The van der Waals surface area contributed by atoms with Crippen LogP contribution < -0.4 is 0 Å². The number of thioether (sulfide) groups is 1. The molecule has 0 N–H and O–H groups in total. The number of hydrogen-bond donors (Lipinski definition) is 0. The highest BCUT2D eigenvalue weighted by atomic mass is 32.2. The van der Waals surface area contributed by atoms with Crippen LogP contribution in [0.25, 0.3) is 0 Å². The summed E-state index contributed by atoms with van der Waals surface area (Å²) in [6.45, 7) is 12.7. The second-order valence-electron chi connectivity index (χ2n) is 6.55. The molecule has 0 aliphatic rings. The molecule has 27 heavy (non-hydrogen) atoms. The molecule has 1 unspecified atom stereocenters. The molecule has 0 radical (unpaired) electrons. The van der Waals surface area contributed by atoms with E-state index in [1.54, 1.807) is 11.8 Å². The molecule has 0 fully saturated rings. The Labute approximate surface area is 172 Å². The lowest BCUT2D eigenvalue weighted by molar-refractivity contribution is -0.144. The Morgan fingerprint density at radius 3 is 2.07 bits per heavy atom. The van der Waals surface area contributed by atoms with Gasteiger partial charge in [-0.2, -0.15) is 11.8 Å². The van der Waals surface area contributed by atoms with E-state index >= 15 is 0 Å². The molecular formula is C20H42O5SSi. The van der Waals surface area contributed by atoms with E-state index in [1.165, 1.54) is 12.8 Å². The van der Waals surface area contributed by atoms with Gasteiger partial charge in [-0.05, 0) is 45.3 Å². The highest BCUT2D eigenvalue weighted by molar-refractivity contribution is 7.99. The molecule has 0 aromatic rings. The van der Waals surface area contributed by atoms with Gasteiger partial charge in [0.25, 0.3) is 0 Å². The van der Waals surface area contributed by atoms with E-state index in [0.29, 0.717) is 38.8 Å². The molecule has 0 bridgehead atoms. The minimum absolute atomic E-state index is 0.0703. The zero-order valence-corrected chi connectivity index (χ0v) is 20.0. The molecule has 0 aliphatic heterocycles. The zero-order chi connectivity index (χ0) is 20.4. The Bertz CT molecular complexity index is 340.